The van der Waals surface area contributed by atoms with Gasteiger partial charge in [-0.25, -0.2) is 4.98 Å². The second-order valence-corrected chi connectivity index (χ2v) is 10.6. The first-order valence-corrected chi connectivity index (χ1v) is 12.6. The molecule has 1 aliphatic carbocycles. The molecule has 1 amide bonds. The van der Waals surface area contributed by atoms with Crippen molar-refractivity contribution >= 4 is 17.2 Å². The summed E-state index contributed by atoms with van der Waals surface area (Å²) >= 11 is 1.68. The Hall–Kier alpha value is -1.99. The van der Waals surface area contributed by atoms with Crippen molar-refractivity contribution in [3.8, 4) is 0 Å². The molecule has 0 radical (unpaired) electrons. The molecule has 1 atom stereocenters. The molecule has 31 heavy (non-hydrogen) atoms. The molecule has 3 aliphatic rings. The molecule has 0 aromatic carbocycles. The summed E-state index contributed by atoms with van der Waals surface area (Å²) < 4.78 is 0. The zero-order chi connectivity index (χ0) is 21.5. The number of aromatic amines is 1. The number of likely N-dealkylation sites (tertiary alicyclic amines) is 1. The van der Waals surface area contributed by atoms with Crippen molar-refractivity contribution in [2.24, 2.45) is 0 Å². The summed E-state index contributed by atoms with van der Waals surface area (Å²) in [5.41, 5.74) is 3.06. The normalized spacial score (nSPS) is 21.8. The Balaban J connectivity index is 1.42. The average molecular weight is 441 g/mol. The summed E-state index contributed by atoms with van der Waals surface area (Å²) in [7, 11) is 0. The van der Waals surface area contributed by atoms with Gasteiger partial charge in [0.2, 0.25) is 0 Å². The molecule has 7 heteroatoms. The number of hydrogen-bond donors (Lipinski definition) is 1. The van der Waals surface area contributed by atoms with Crippen LogP contribution in [0.1, 0.15) is 89.2 Å². The summed E-state index contributed by atoms with van der Waals surface area (Å²) in [6.45, 7) is 6.69. The highest BCUT2D eigenvalue weighted by molar-refractivity contribution is 7.14. The highest BCUT2D eigenvalue weighted by atomic mass is 32.1. The molecule has 0 unspecified atom stereocenters. The second kappa shape index (κ2) is 8.51. The number of nitrogens with one attached hydrogen (secondary N) is 1. The smallest absolute Gasteiger partial charge is 0.264 e. The Morgan fingerprint density at radius 2 is 2.00 bits per heavy atom. The third kappa shape index (κ3) is 3.98. The van der Waals surface area contributed by atoms with E-state index < -0.39 is 0 Å². The van der Waals surface area contributed by atoms with Crippen molar-refractivity contribution in [2.75, 3.05) is 13.1 Å². The minimum absolute atomic E-state index is 0.0226. The maximum Gasteiger partial charge on any atom is 0.264 e. The molecule has 2 aromatic heterocycles. The molecule has 2 aromatic rings. The predicted octanol–water partition coefficient (Wildman–Crippen LogP) is 3.84. The number of H-pyrrole nitrogens is 1. The van der Waals surface area contributed by atoms with E-state index in [0.29, 0.717) is 18.4 Å². The Morgan fingerprint density at radius 3 is 2.84 bits per heavy atom. The van der Waals surface area contributed by atoms with Gasteiger partial charge in [0.05, 0.1) is 16.6 Å². The molecule has 2 aliphatic heterocycles. The minimum Gasteiger partial charge on any atom is -0.328 e. The molecule has 1 saturated heterocycles. The van der Waals surface area contributed by atoms with Crippen molar-refractivity contribution in [1.82, 2.24) is 19.8 Å². The van der Waals surface area contributed by atoms with Gasteiger partial charge in [-0.05, 0) is 70.4 Å². The van der Waals surface area contributed by atoms with Gasteiger partial charge in [0.1, 0.15) is 5.82 Å². The van der Waals surface area contributed by atoms with Crippen LogP contribution in [0.4, 0.5) is 0 Å². The zero-order valence-corrected chi connectivity index (χ0v) is 19.4. The van der Waals surface area contributed by atoms with Gasteiger partial charge >= 0.3 is 0 Å². The Kier molecular flexibility index (Phi) is 5.73. The summed E-state index contributed by atoms with van der Waals surface area (Å²) in [5.74, 6) is 0.767. The van der Waals surface area contributed by atoms with Crippen LogP contribution in [0.3, 0.4) is 0 Å². The van der Waals surface area contributed by atoms with E-state index in [9.17, 15) is 9.59 Å². The standard InChI is InChI=1S/C24H32N4O2S/c1-15(2)27-12-10-17-18(14-27)25-22(26-23(17)29)19-8-6-11-28(19)24(30)21-13-16-7-4-3-5-9-20(16)31-21/h13,15,19H,3-12,14H2,1-2H3,(H,25,26,29)/t19-/m1/s1. The first-order valence-electron chi connectivity index (χ1n) is 11.8. The number of aromatic nitrogens is 2. The van der Waals surface area contributed by atoms with Crippen LogP contribution < -0.4 is 5.56 Å². The van der Waals surface area contributed by atoms with Gasteiger partial charge in [-0.15, -0.1) is 11.3 Å². The number of rotatable bonds is 3. The van der Waals surface area contributed by atoms with E-state index in [4.69, 9.17) is 4.98 Å². The van der Waals surface area contributed by atoms with Crippen LogP contribution in [0, 0.1) is 0 Å². The van der Waals surface area contributed by atoms with Gasteiger partial charge in [-0.1, -0.05) is 6.42 Å². The number of fused-ring (bicyclic) bond motifs is 2. The molecule has 0 saturated carbocycles. The summed E-state index contributed by atoms with van der Waals surface area (Å²) in [6, 6.07) is 2.42. The summed E-state index contributed by atoms with van der Waals surface area (Å²) in [6.07, 6.45) is 8.46. The van der Waals surface area contributed by atoms with Crippen molar-refractivity contribution in [2.45, 2.75) is 83.8 Å². The topological polar surface area (TPSA) is 69.3 Å². The molecular formula is C24H32N4O2S. The predicted molar refractivity (Wildman–Crippen MR) is 123 cm³/mol. The van der Waals surface area contributed by atoms with Gasteiger partial charge < -0.3 is 9.88 Å². The summed E-state index contributed by atoms with van der Waals surface area (Å²) in [5, 5.41) is 0. The SMILES string of the molecule is CC(C)N1CCc2c(nc([C@H]3CCCN3C(=O)c3cc4c(s3)CCCCC4)[nH]c2=O)C1. The van der Waals surface area contributed by atoms with Gasteiger partial charge in [0, 0.05) is 36.1 Å². The average Bonchev–Trinajstić information content (AvgIpc) is 3.35. The monoisotopic (exact) mass is 440 g/mol. The molecule has 0 spiro atoms. The Bertz CT molecular complexity index is 1020. The first kappa shape index (κ1) is 20.9. The van der Waals surface area contributed by atoms with E-state index in [1.807, 2.05) is 4.90 Å². The highest BCUT2D eigenvalue weighted by Gasteiger charge is 2.34. The van der Waals surface area contributed by atoms with Crippen molar-refractivity contribution in [3.05, 3.63) is 48.8 Å². The number of hydrogen-bond acceptors (Lipinski definition) is 5. The lowest BCUT2D eigenvalue weighted by Gasteiger charge is -2.31. The molecular weight excluding hydrogens is 408 g/mol. The molecule has 0 bridgehead atoms. The van der Waals surface area contributed by atoms with Crippen LogP contribution in [0.15, 0.2) is 10.9 Å². The van der Waals surface area contributed by atoms with E-state index in [-0.39, 0.29) is 17.5 Å². The number of amides is 1. The second-order valence-electron chi connectivity index (χ2n) is 9.47. The van der Waals surface area contributed by atoms with E-state index >= 15 is 0 Å². The van der Waals surface area contributed by atoms with E-state index in [1.54, 1.807) is 11.3 Å². The van der Waals surface area contributed by atoms with Crippen molar-refractivity contribution in [1.29, 1.82) is 0 Å². The maximum atomic E-state index is 13.5. The Morgan fingerprint density at radius 1 is 1.16 bits per heavy atom. The highest BCUT2D eigenvalue weighted by Crippen LogP contribution is 2.35. The van der Waals surface area contributed by atoms with Crippen LogP contribution in [0.25, 0.3) is 0 Å². The van der Waals surface area contributed by atoms with Gasteiger partial charge in [0.25, 0.3) is 11.5 Å². The first-order chi connectivity index (χ1) is 15.0. The molecule has 6 nitrogen and oxygen atoms in total. The van der Waals surface area contributed by atoms with Gasteiger partial charge in [-0.3, -0.25) is 14.5 Å². The van der Waals surface area contributed by atoms with Crippen LogP contribution in [-0.2, 0) is 25.8 Å². The fourth-order valence-electron chi connectivity index (χ4n) is 5.29. The van der Waals surface area contributed by atoms with Gasteiger partial charge in [-0.2, -0.15) is 0 Å². The van der Waals surface area contributed by atoms with E-state index in [2.05, 4.69) is 29.8 Å². The number of carbonyl (C=O) groups excluding carboxylic acids is 1. The fraction of sp³-hybridized carbons (Fsp3) is 0.625. The van der Waals surface area contributed by atoms with Crippen molar-refractivity contribution in [3.63, 3.8) is 0 Å². The van der Waals surface area contributed by atoms with Crippen LogP contribution in [-0.4, -0.2) is 44.8 Å². The third-order valence-electron chi connectivity index (χ3n) is 7.14. The van der Waals surface area contributed by atoms with Crippen LogP contribution >= 0.6 is 11.3 Å². The lowest BCUT2D eigenvalue weighted by Crippen LogP contribution is -2.40. The van der Waals surface area contributed by atoms with E-state index in [0.717, 1.165) is 61.3 Å². The van der Waals surface area contributed by atoms with Crippen LogP contribution in [0.2, 0.25) is 0 Å². The molecule has 5 rings (SSSR count). The molecule has 1 N–H and O–H groups in total. The Labute approximate surface area is 187 Å². The largest absolute Gasteiger partial charge is 0.328 e. The number of carbonyl (C=O) groups is 1. The number of nitrogens with zero attached hydrogens (tertiary/aromatic N) is 3. The summed E-state index contributed by atoms with van der Waals surface area (Å²) in [4.78, 5) is 40.8. The number of aryl methyl sites for hydroxylation is 2. The van der Waals surface area contributed by atoms with Crippen LogP contribution in [0.5, 0.6) is 0 Å². The maximum absolute atomic E-state index is 13.5. The number of thiophene rings is 1. The lowest BCUT2D eigenvalue weighted by molar-refractivity contribution is 0.0734. The van der Waals surface area contributed by atoms with Gasteiger partial charge in [0.15, 0.2) is 0 Å². The minimum atomic E-state index is -0.137. The zero-order valence-electron chi connectivity index (χ0n) is 18.6. The molecule has 166 valence electrons. The van der Waals surface area contributed by atoms with E-state index in [1.165, 1.54) is 29.7 Å². The fourth-order valence-corrected chi connectivity index (χ4v) is 6.50. The molecule has 4 heterocycles. The lowest BCUT2D eigenvalue weighted by atomic mass is 10.0. The van der Waals surface area contributed by atoms with Crippen molar-refractivity contribution < 1.29 is 4.79 Å². The third-order valence-corrected chi connectivity index (χ3v) is 8.36. The molecule has 1 fully saturated rings. The quantitative estimate of drug-likeness (QED) is 0.736.